The van der Waals surface area contributed by atoms with E-state index in [1.54, 1.807) is 0 Å². The molecule has 0 amide bonds. The van der Waals surface area contributed by atoms with E-state index >= 15 is 0 Å². The molecule has 1 heteroatoms. The van der Waals surface area contributed by atoms with Gasteiger partial charge in [-0.25, -0.2) is 0 Å². The van der Waals surface area contributed by atoms with Gasteiger partial charge in [0.15, 0.2) is 0 Å². The highest BCUT2D eigenvalue weighted by atomic mass is 35.5. The molecule has 0 heterocycles. The molecule has 2 rings (SSSR count). The Morgan fingerprint density at radius 1 is 0.722 bits per heavy atom. The summed E-state index contributed by atoms with van der Waals surface area (Å²) in [5, 5.41) is 0.871. The maximum atomic E-state index is 6.16. The lowest BCUT2D eigenvalue weighted by Gasteiger charge is -2.08. The number of halogens is 1. The van der Waals surface area contributed by atoms with Crippen LogP contribution in [0.1, 0.15) is 30.5 Å². The quantitative estimate of drug-likeness (QED) is 0.594. The topological polar surface area (TPSA) is 0 Å². The Morgan fingerprint density at radius 2 is 1.17 bits per heavy atom. The highest BCUT2D eigenvalue weighted by Crippen LogP contribution is 2.28. The van der Waals surface area contributed by atoms with Crippen LogP contribution >= 0.6 is 11.6 Å². The van der Waals surface area contributed by atoms with Crippen LogP contribution in [-0.2, 0) is 0 Å². The zero-order chi connectivity index (χ0) is 13.7. The summed E-state index contributed by atoms with van der Waals surface area (Å²) in [7, 11) is 0. The summed E-state index contributed by atoms with van der Waals surface area (Å²) in [6.45, 7) is 10.2. The predicted molar refractivity (Wildman–Crippen MR) is 82.4 cm³/mol. The summed E-state index contributed by atoms with van der Waals surface area (Å²) in [6, 6.07) is 12.8. The lowest BCUT2D eigenvalue weighted by molar-refractivity contribution is 1.38. The van der Waals surface area contributed by atoms with Crippen LogP contribution in [0.4, 0.5) is 0 Å². The summed E-state index contributed by atoms with van der Waals surface area (Å²) < 4.78 is 0. The lowest BCUT2D eigenvalue weighted by Crippen LogP contribution is -1.85. The molecule has 0 fully saturated rings. The fraction of sp³-hybridized carbons (Fsp3) is 0.294. The molecule has 0 atom stereocenters. The molecule has 0 aliphatic heterocycles. The number of hydrogen-bond acceptors (Lipinski definition) is 0. The molecule has 0 saturated heterocycles. The molecule has 0 radical (unpaired) electrons. The van der Waals surface area contributed by atoms with Crippen molar-refractivity contribution in [3.8, 4) is 11.1 Å². The Labute approximate surface area is 116 Å². The van der Waals surface area contributed by atoms with Crippen LogP contribution in [-0.4, -0.2) is 0 Å². The van der Waals surface area contributed by atoms with E-state index in [0.717, 1.165) is 16.1 Å². The van der Waals surface area contributed by atoms with Crippen LogP contribution in [0, 0.1) is 20.8 Å². The predicted octanol–water partition coefficient (Wildman–Crippen LogP) is 5.96. The molecule has 0 aliphatic rings. The minimum Gasteiger partial charge on any atom is -0.0838 e. The standard InChI is InChI=1S/C15H15Cl.C2H6/c1-10-4-6-13(7-5-10)14-8-11(2)15(16)12(3)9-14;1-2/h4-9H,1-3H3;1-2H3. The molecule has 0 N–H and O–H groups in total. The first-order chi connectivity index (χ1) is 8.58. The Hall–Kier alpha value is -1.27. The first-order valence-electron chi connectivity index (χ1n) is 6.42. The molecule has 0 aromatic heterocycles. The average molecular weight is 261 g/mol. The fourth-order valence-electron chi connectivity index (χ4n) is 1.86. The van der Waals surface area contributed by atoms with E-state index in [-0.39, 0.29) is 0 Å². The van der Waals surface area contributed by atoms with Gasteiger partial charge < -0.3 is 0 Å². The summed E-state index contributed by atoms with van der Waals surface area (Å²) >= 11 is 6.16. The Kier molecular flexibility index (Phi) is 5.43. The van der Waals surface area contributed by atoms with Crippen LogP contribution in [0.15, 0.2) is 36.4 Å². The van der Waals surface area contributed by atoms with Gasteiger partial charge in [-0.3, -0.25) is 0 Å². The van der Waals surface area contributed by atoms with Gasteiger partial charge in [0.25, 0.3) is 0 Å². The van der Waals surface area contributed by atoms with Crippen molar-refractivity contribution in [1.82, 2.24) is 0 Å². The van der Waals surface area contributed by atoms with Crippen molar-refractivity contribution in [1.29, 1.82) is 0 Å². The molecule has 0 spiro atoms. The third-order valence-electron chi connectivity index (χ3n) is 2.82. The number of rotatable bonds is 1. The molecule has 96 valence electrons. The summed E-state index contributed by atoms with van der Waals surface area (Å²) in [5.74, 6) is 0. The highest BCUT2D eigenvalue weighted by Gasteiger charge is 2.04. The van der Waals surface area contributed by atoms with Crippen LogP contribution in [0.5, 0.6) is 0 Å². The minimum atomic E-state index is 0.871. The van der Waals surface area contributed by atoms with Crippen molar-refractivity contribution < 1.29 is 0 Å². The van der Waals surface area contributed by atoms with Crippen molar-refractivity contribution in [2.45, 2.75) is 34.6 Å². The zero-order valence-corrected chi connectivity index (χ0v) is 12.6. The number of benzene rings is 2. The Bertz CT molecular complexity index is 487. The van der Waals surface area contributed by atoms with Crippen LogP contribution < -0.4 is 0 Å². The monoisotopic (exact) mass is 260 g/mol. The van der Waals surface area contributed by atoms with Gasteiger partial charge in [-0.05, 0) is 55.2 Å². The Balaban J connectivity index is 0.000000771. The second kappa shape index (κ2) is 6.61. The number of hydrogen-bond donors (Lipinski definition) is 0. The molecule has 2 aromatic rings. The highest BCUT2D eigenvalue weighted by molar-refractivity contribution is 6.32. The molecular formula is C17H21Cl. The van der Waals surface area contributed by atoms with Crippen molar-refractivity contribution in [2.24, 2.45) is 0 Å². The maximum Gasteiger partial charge on any atom is 0.0464 e. The zero-order valence-electron chi connectivity index (χ0n) is 11.8. The van der Waals surface area contributed by atoms with Crippen molar-refractivity contribution in [3.05, 3.63) is 58.1 Å². The van der Waals surface area contributed by atoms with Gasteiger partial charge in [0.2, 0.25) is 0 Å². The van der Waals surface area contributed by atoms with Gasteiger partial charge >= 0.3 is 0 Å². The van der Waals surface area contributed by atoms with Crippen LogP contribution in [0.3, 0.4) is 0 Å². The summed E-state index contributed by atoms with van der Waals surface area (Å²) in [5.41, 5.74) is 6.04. The van der Waals surface area contributed by atoms with Crippen LogP contribution in [0.2, 0.25) is 5.02 Å². The second-order valence-corrected chi connectivity index (χ2v) is 4.67. The first kappa shape index (κ1) is 14.8. The third kappa shape index (κ3) is 3.36. The van der Waals surface area contributed by atoms with E-state index in [1.807, 2.05) is 27.7 Å². The smallest absolute Gasteiger partial charge is 0.0464 e. The van der Waals surface area contributed by atoms with Gasteiger partial charge in [0, 0.05) is 5.02 Å². The van der Waals surface area contributed by atoms with E-state index in [9.17, 15) is 0 Å². The Morgan fingerprint density at radius 3 is 1.61 bits per heavy atom. The van der Waals surface area contributed by atoms with E-state index in [4.69, 9.17) is 11.6 Å². The fourth-order valence-corrected chi connectivity index (χ4v) is 1.97. The van der Waals surface area contributed by atoms with E-state index in [2.05, 4.69) is 43.3 Å². The summed E-state index contributed by atoms with van der Waals surface area (Å²) in [6.07, 6.45) is 0. The largest absolute Gasteiger partial charge is 0.0838 e. The molecule has 0 unspecified atom stereocenters. The molecule has 18 heavy (non-hydrogen) atoms. The van der Waals surface area contributed by atoms with Gasteiger partial charge in [-0.15, -0.1) is 0 Å². The molecule has 0 aliphatic carbocycles. The van der Waals surface area contributed by atoms with Crippen molar-refractivity contribution in [3.63, 3.8) is 0 Å². The maximum absolute atomic E-state index is 6.16. The van der Waals surface area contributed by atoms with Crippen molar-refractivity contribution >= 4 is 11.6 Å². The van der Waals surface area contributed by atoms with E-state index in [0.29, 0.717) is 0 Å². The average Bonchev–Trinajstić information content (AvgIpc) is 2.38. The van der Waals surface area contributed by atoms with Gasteiger partial charge in [0.05, 0.1) is 0 Å². The first-order valence-corrected chi connectivity index (χ1v) is 6.79. The molecule has 2 aromatic carbocycles. The van der Waals surface area contributed by atoms with Gasteiger partial charge in [-0.1, -0.05) is 55.3 Å². The second-order valence-electron chi connectivity index (χ2n) is 4.29. The SMILES string of the molecule is CC.Cc1ccc(-c2cc(C)c(Cl)c(C)c2)cc1. The van der Waals surface area contributed by atoms with Crippen LogP contribution in [0.25, 0.3) is 11.1 Å². The molecular weight excluding hydrogens is 240 g/mol. The number of aryl methyl sites for hydroxylation is 3. The molecule has 0 bridgehead atoms. The van der Waals surface area contributed by atoms with E-state index in [1.165, 1.54) is 16.7 Å². The third-order valence-corrected chi connectivity index (χ3v) is 3.42. The molecule has 0 nitrogen and oxygen atoms in total. The lowest BCUT2D eigenvalue weighted by atomic mass is 10.00. The van der Waals surface area contributed by atoms with Gasteiger partial charge in [-0.2, -0.15) is 0 Å². The van der Waals surface area contributed by atoms with Gasteiger partial charge in [0.1, 0.15) is 0 Å². The van der Waals surface area contributed by atoms with E-state index < -0.39 is 0 Å². The van der Waals surface area contributed by atoms with Crippen molar-refractivity contribution in [2.75, 3.05) is 0 Å². The normalized spacial score (nSPS) is 9.67. The minimum absolute atomic E-state index is 0.871. The summed E-state index contributed by atoms with van der Waals surface area (Å²) in [4.78, 5) is 0. The molecule has 0 saturated carbocycles.